The molecule has 0 aliphatic rings. The van der Waals surface area contributed by atoms with Crippen LogP contribution < -0.4 is 4.72 Å². The van der Waals surface area contributed by atoms with E-state index in [0.29, 0.717) is 5.69 Å². The van der Waals surface area contributed by atoms with Gasteiger partial charge in [-0.25, -0.2) is 18.1 Å². The molecule has 2 aromatic rings. The molecule has 0 fully saturated rings. The molecule has 2 heterocycles. The summed E-state index contributed by atoms with van der Waals surface area (Å²) in [6.45, 7) is 1.56. The Morgan fingerprint density at radius 2 is 2.18 bits per heavy atom. The van der Waals surface area contributed by atoms with E-state index in [-0.39, 0.29) is 14.6 Å². The van der Waals surface area contributed by atoms with Gasteiger partial charge in [0.1, 0.15) is 0 Å². The molecule has 0 aromatic carbocycles. The summed E-state index contributed by atoms with van der Waals surface area (Å²) in [4.78, 5) is 4.97. The van der Waals surface area contributed by atoms with Crippen LogP contribution in [0.1, 0.15) is 5.69 Å². The average Bonchev–Trinajstić information content (AvgIpc) is 2.72. The first-order valence-corrected chi connectivity index (χ1v) is 6.96. The zero-order valence-electron chi connectivity index (χ0n) is 8.75. The summed E-state index contributed by atoms with van der Waals surface area (Å²) in [6.07, 6.45) is 0. The highest BCUT2D eigenvalue weighted by Crippen LogP contribution is 2.27. The molecule has 0 atom stereocenters. The molecule has 0 aliphatic carbocycles. The minimum Gasteiger partial charge on any atom is -0.244 e. The molecule has 0 radical (unpaired) electrons. The summed E-state index contributed by atoms with van der Waals surface area (Å²) in [5, 5.41) is 10.8. The number of tetrazole rings is 1. The second-order valence-corrected chi connectivity index (χ2v) is 6.51. The number of nitrogens with one attached hydrogen (secondary N) is 1. The molecule has 8 nitrogen and oxygen atoms in total. The van der Waals surface area contributed by atoms with Crippen LogP contribution in [0.5, 0.6) is 0 Å². The lowest BCUT2D eigenvalue weighted by Gasteiger charge is -2.00. The molecule has 2 aromatic heterocycles. The van der Waals surface area contributed by atoms with Gasteiger partial charge in [-0.3, -0.25) is 0 Å². The van der Waals surface area contributed by atoms with E-state index in [9.17, 15) is 8.42 Å². The third-order valence-corrected chi connectivity index (χ3v) is 4.91. The van der Waals surface area contributed by atoms with Gasteiger partial charge in [0.2, 0.25) is 0 Å². The number of hydrogen-bond donors (Lipinski definition) is 1. The van der Waals surface area contributed by atoms with Gasteiger partial charge in [0.05, 0.1) is 12.7 Å². The summed E-state index contributed by atoms with van der Waals surface area (Å²) in [7, 11) is -2.24. The molecule has 11 heteroatoms. The van der Waals surface area contributed by atoms with Gasteiger partial charge in [-0.1, -0.05) is 28.0 Å². The van der Waals surface area contributed by atoms with Crippen molar-refractivity contribution in [1.29, 1.82) is 0 Å². The Bertz CT molecular complexity index is 647. The van der Waals surface area contributed by atoms with Crippen molar-refractivity contribution >= 4 is 38.9 Å². The summed E-state index contributed by atoms with van der Waals surface area (Å²) in [5.74, 6) is -0.101. The van der Waals surface area contributed by atoms with E-state index in [1.165, 1.54) is 7.05 Å². The largest absolute Gasteiger partial charge is 0.277 e. The Kier molecular flexibility index (Phi) is 3.02. The van der Waals surface area contributed by atoms with Crippen molar-refractivity contribution < 1.29 is 8.42 Å². The quantitative estimate of drug-likeness (QED) is 0.880. The average molecular weight is 295 g/mol. The second kappa shape index (κ2) is 4.20. The van der Waals surface area contributed by atoms with Crippen molar-refractivity contribution in [1.82, 2.24) is 25.2 Å². The minimum atomic E-state index is -3.77. The fourth-order valence-electron chi connectivity index (χ4n) is 1.09. The number of nitrogens with zero attached hydrogens (tertiary/aromatic N) is 5. The third kappa shape index (κ3) is 2.53. The van der Waals surface area contributed by atoms with E-state index in [4.69, 9.17) is 11.6 Å². The normalized spacial score (nSPS) is 11.7. The van der Waals surface area contributed by atoms with Crippen LogP contribution in [0.4, 0.5) is 5.95 Å². The Morgan fingerprint density at radius 3 is 2.65 bits per heavy atom. The van der Waals surface area contributed by atoms with Crippen LogP contribution in [-0.2, 0) is 17.1 Å². The van der Waals surface area contributed by atoms with Gasteiger partial charge in [-0.15, -0.1) is 5.10 Å². The van der Waals surface area contributed by atoms with Gasteiger partial charge in [0.15, 0.2) is 8.68 Å². The van der Waals surface area contributed by atoms with Crippen LogP contribution >= 0.6 is 22.9 Å². The number of rotatable bonds is 3. The number of halogens is 1. The topological polar surface area (TPSA) is 103 Å². The lowest BCUT2D eigenvalue weighted by atomic mass is 10.6. The number of aryl methyl sites for hydroxylation is 2. The highest BCUT2D eigenvalue weighted by Gasteiger charge is 2.23. The van der Waals surface area contributed by atoms with Crippen LogP contribution in [0.25, 0.3) is 0 Å². The van der Waals surface area contributed by atoms with Crippen molar-refractivity contribution in [2.45, 2.75) is 11.1 Å². The Labute approximate surface area is 106 Å². The molecule has 92 valence electrons. The van der Waals surface area contributed by atoms with Crippen molar-refractivity contribution in [3.8, 4) is 0 Å². The van der Waals surface area contributed by atoms with Gasteiger partial charge in [0.25, 0.3) is 16.0 Å². The van der Waals surface area contributed by atoms with Gasteiger partial charge >= 0.3 is 0 Å². The Hall–Kier alpha value is -1.26. The van der Waals surface area contributed by atoms with Gasteiger partial charge in [0, 0.05) is 0 Å². The molecule has 0 spiro atoms. The second-order valence-electron chi connectivity index (χ2n) is 3.05. The summed E-state index contributed by atoms with van der Waals surface area (Å²) >= 11 is 6.51. The first-order chi connectivity index (χ1) is 7.88. The predicted octanol–water partition coefficient (Wildman–Crippen LogP) is 0.429. The van der Waals surface area contributed by atoms with E-state index < -0.39 is 10.0 Å². The van der Waals surface area contributed by atoms with Gasteiger partial charge in [-0.2, -0.15) is 4.80 Å². The lowest BCUT2D eigenvalue weighted by molar-refractivity contribution is 0.602. The van der Waals surface area contributed by atoms with Crippen LogP contribution in [-0.4, -0.2) is 33.6 Å². The van der Waals surface area contributed by atoms with Crippen molar-refractivity contribution in [3.63, 3.8) is 0 Å². The van der Waals surface area contributed by atoms with E-state index in [2.05, 4.69) is 25.1 Å². The maximum atomic E-state index is 11.9. The van der Waals surface area contributed by atoms with Crippen molar-refractivity contribution in [2.24, 2.45) is 7.05 Å². The fourth-order valence-corrected chi connectivity index (χ4v) is 3.77. The molecule has 0 bridgehead atoms. The molecule has 0 unspecified atom stereocenters. The molecular formula is C6H7ClN6O2S2. The van der Waals surface area contributed by atoms with Crippen LogP contribution in [0.2, 0.25) is 4.47 Å². The molecule has 0 amide bonds. The minimum absolute atomic E-state index is 0.0370. The maximum Gasteiger partial charge on any atom is 0.277 e. The SMILES string of the molecule is Cc1nc(Cl)sc1S(=O)(=O)Nc1nnn(C)n1. The summed E-state index contributed by atoms with van der Waals surface area (Å²) in [6, 6.07) is 0. The molecule has 0 saturated carbocycles. The van der Waals surface area contributed by atoms with Gasteiger partial charge in [-0.05, 0) is 12.1 Å². The molecule has 0 aliphatic heterocycles. The summed E-state index contributed by atoms with van der Waals surface area (Å²) < 4.78 is 26.2. The molecule has 2 rings (SSSR count). The third-order valence-electron chi connectivity index (χ3n) is 1.71. The van der Waals surface area contributed by atoms with Crippen molar-refractivity contribution in [3.05, 3.63) is 10.2 Å². The molecule has 0 saturated heterocycles. The Morgan fingerprint density at radius 1 is 1.47 bits per heavy atom. The fraction of sp³-hybridized carbons (Fsp3) is 0.333. The van der Waals surface area contributed by atoms with Crippen molar-refractivity contribution in [2.75, 3.05) is 4.72 Å². The van der Waals surface area contributed by atoms with Crippen LogP contribution in [0, 0.1) is 6.92 Å². The number of hydrogen-bond acceptors (Lipinski definition) is 7. The van der Waals surface area contributed by atoms with E-state index >= 15 is 0 Å². The first kappa shape index (κ1) is 12.2. The van der Waals surface area contributed by atoms with Crippen LogP contribution in [0.15, 0.2) is 4.21 Å². The van der Waals surface area contributed by atoms with E-state index in [0.717, 1.165) is 16.1 Å². The number of aromatic nitrogens is 5. The zero-order valence-corrected chi connectivity index (χ0v) is 11.1. The van der Waals surface area contributed by atoms with E-state index in [1.807, 2.05) is 0 Å². The number of anilines is 1. The standard InChI is InChI=1S/C6H7ClN6O2S2/c1-3-4(16-5(7)8-3)17(14,15)11-6-9-12-13(2)10-6/h1-2H3,(H,10,11). The first-order valence-electron chi connectivity index (χ1n) is 4.28. The highest BCUT2D eigenvalue weighted by molar-refractivity contribution is 7.94. The highest BCUT2D eigenvalue weighted by atomic mass is 35.5. The predicted molar refractivity (Wildman–Crippen MR) is 61.5 cm³/mol. The molecular weight excluding hydrogens is 288 g/mol. The van der Waals surface area contributed by atoms with E-state index in [1.54, 1.807) is 6.92 Å². The zero-order chi connectivity index (χ0) is 12.6. The summed E-state index contributed by atoms with van der Waals surface area (Å²) in [5.41, 5.74) is 0.330. The Balaban J connectivity index is 2.34. The number of sulfonamides is 1. The van der Waals surface area contributed by atoms with Crippen LogP contribution in [0.3, 0.4) is 0 Å². The number of thiazole rings is 1. The maximum absolute atomic E-state index is 11.9. The smallest absolute Gasteiger partial charge is 0.244 e. The monoisotopic (exact) mass is 294 g/mol. The van der Waals surface area contributed by atoms with Gasteiger partial charge < -0.3 is 0 Å². The molecule has 1 N–H and O–H groups in total. The molecule has 17 heavy (non-hydrogen) atoms. The lowest BCUT2D eigenvalue weighted by Crippen LogP contribution is -2.14.